The van der Waals surface area contributed by atoms with Gasteiger partial charge in [-0.15, -0.1) is 0 Å². The monoisotopic (exact) mass is 448 g/mol. The number of nitrogens with zero attached hydrogens (tertiary/aromatic N) is 1. The van der Waals surface area contributed by atoms with E-state index in [0.29, 0.717) is 28.3 Å². The topological polar surface area (TPSA) is 49.4 Å². The molecule has 0 atom stereocenters. The molecule has 0 aliphatic carbocycles. The summed E-state index contributed by atoms with van der Waals surface area (Å²) in [4.78, 5) is 27.8. The molecule has 2 amide bonds. The van der Waals surface area contributed by atoms with Crippen LogP contribution in [0.2, 0.25) is 5.02 Å². The summed E-state index contributed by atoms with van der Waals surface area (Å²) in [6.07, 6.45) is 0.433. The fourth-order valence-corrected chi connectivity index (χ4v) is 3.77. The first-order chi connectivity index (χ1) is 15.3. The fourth-order valence-electron chi connectivity index (χ4n) is 3.59. The Morgan fingerprint density at radius 3 is 2.25 bits per heavy atom. The maximum atomic E-state index is 13.3. The number of rotatable bonds is 6. The van der Waals surface area contributed by atoms with Gasteiger partial charge in [0.1, 0.15) is 11.5 Å². The van der Waals surface area contributed by atoms with Crippen LogP contribution >= 0.6 is 11.6 Å². The molecule has 3 aromatic rings. The zero-order valence-corrected chi connectivity index (χ0v) is 18.5. The quantitative estimate of drug-likeness (QED) is 0.504. The molecule has 1 aliphatic rings. The van der Waals surface area contributed by atoms with Crippen LogP contribution in [0.3, 0.4) is 0 Å². The highest BCUT2D eigenvalue weighted by Gasteiger charge is 2.38. The van der Waals surface area contributed by atoms with Gasteiger partial charge in [0, 0.05) is 17.3 Å². The zero-order chi connectivity index (χ0) is 22.8. The Labute approximate surface area is 191 Å². The van der Waals surface area contributed by atoms with Crippen molar-refractivity contribution < 1.29 is 14.0 Å². The van der Waals surface area contributed by atoms with E-state index in [-0.39, 0.29) is 24.0 Å². The average Bonchev–Trinajstić information content (AvgIpc) is 3.00. The van der Waals surface area contributed by atoms with Crippen molar-refractivity contribution in [1.29, 1.82) is 0 Å². The second kappa shape index (κ2) is 8.97. The third-order valence-electron chi connectivity index (χ3n) is 5.49. The largest absolute Gasteiger partial charge is 0.350 e. The Bertz CT molecular complexity index is 1220. The molecule has 4 rings (SSSR count). The van der Waals surface area contributed by atoms with Crippen LogP contribution in [0.5, 0.6) is 0 Å². The van der Waals surface area contributed by atoms with Gasteiger partial charge in [-0.3, -0.25) is 14.5 Å². The molecule has 4 nitrogen and oxygen atoms in total. The van der Waals surface area contributed by atoms with Crippen molar-refractivity contribution in [2.24, 2.45) is 0 Å². The minimum Gasteiger partial charge on any atom is -0.350 e. The van der Waals surface area contributed by atoms with Crippen molar-refractivity contribution in [2.45, 2.75) is 20.3 Å². The van der Waals surface area contributed by atoms with E-state index >= 15 is 0 Å². The number of benzene rings is 3. The Morgan fingerprint density at radius 2 is 1.59 bits per heavy atom. The summed E-state index contributed by atoms with van der Waals surface area (Å²) in [6.45, 7) is 4.05. The summed E-state index contributed by atoms with van der Waals surface area (Å²) < 4.78 is 13.2. The van der Waals surface area contributed by atoms with Crippen LogP contribution in [0.25, 0.3) is 5.57 Å². The molecule has 1 N–H and O–H groups in total. The third kappa shape index (κ3) is 4.43. The summed E-state index contributed by atoms with van der Waals surface area (Å²) in [7, 11) is 0. The van der Waals surface area contributed by atoms with E-state index in [1.165, 1.54) is 17.0 Å². The Balaban J connectivity index is 1.66. The molecule has 3 aromatic carbocycles. The van der Waals surface area contributed by atoms with Crippen molar-refractivity contribution in [3.05, 3.63) is 106 Å². The van der Waals surface area contributed by atoms with Crippen LogP contribution in [-0.2, 0) is 16.0 Å². The summed E-state index contributed by atoms with van der Waals surface area (Å²) >= 11 is 6.25. The molecule has 1 aliphatic heterocycles. The number of carbonyl (C=O) groups excluding carboxylic acids is 2. The predicted octanol–water partition coefficient (Wildman–Crippen LogP) is 5.53. The molecule has 0 bridgehead atoms. The number of hydrogen-bond acceptors (Lipinski definition) is 3. The number of hydrogen-bond donors (Lipinski definition) is 1. The van der Waals surface area contributed by atoms with Gasteiger partial charge in [-0.05, 0) is 61.2 Å². The maximum absolute atomic E-state index is 13.3. The van der Waals surface area contributed by atoms with Crippen LogP contribution in [0.4, 0.5) is 10.1 Å². The van der Waals surface area contributed by atoms with E-state index in [1.54, 1.807) is 18.2 Å². The van der Waals surface area contributed by atoms with Crippen LogP contribution in [-0.4, -0.2) is 23.3 Å². The van der Waals surface area contributed by atoms with Crippen molar-refractivity contribution in [1.82, 2.24) is 4.90 Å². The minimum atomic E-state index is -0.399. The summed E-state index contributed by atoms with van der Waals surface area (Å²) in [6, 6.07) is 18.9. The van der Waals surface area contributed by atoms with Gasteiger partial charge < -0.3 is 5.32 Å². The van der Waals surface area contributed by atoms with E-state index in [0.717, 1.165) is 16.7 Å². The first-order valence-corrected chi connectivity index (χ1v) is 10.7. The highest BCUT2D eigenvalue weighted by atomic mass is 35.5. The van der Waals surface area contributed by atoms with E-state index in [9.17, 15) is 14.0 Å². The number of carbonyl (C=O) groups is 2. The van der Waals surface area contributed by atoms with Crippen molar-refractivity contribution in [3.8, 4) is 0 Å². The lowest BCUT2D eigenvalue weighted by Crippen LogP contribution is -2.34. The number of amides is 2. The van der Waals surface area contributed by atoms with Crippen molar-refractivity contribution >= 4 is 34.7 Å². The first-order valence-electron chi connectivity index (χ1n) is 10.3. The number of halogens is 2. The second-order valence-corrected chi connectivity index (χ2v) is 8.25. The van der Waals surface area contributed by atoms with Crippen LogP contribution in [0.15, 0.2) is 72.4 Å². The molecule has 0 aromatic heterocycles. The van der Waals surface area contributed by atoms with Gasteiger partial charge in [0.05, 0.1) is 5.57 Å². The Morgan fingerprint density at radius 1 is 0.906 bits per heavy atom. The number of anilines is 1. The summed E-state index contributed by atoms with van der Waals surface area (Å²) in [5, 5.41) is 3.69. The fraction of sp³-hybridized carbons (Fsp3) is 0.154. The molecule has 0 radical (unpaired) electrons. The molecule has 0 saturated carbocycles. The molecule has 1 heterocycles. The number of nitrogens with one attached hydrogen (secondary N) is 1. The van der Waals surface area contributed by atoms with Gasteiger partial charge in [0.25, 0.3) is 11.8 Å². The van der Waals surface area contributed by atoms with Crippen LogP contribution in [0, 0.1) is 19.7 Å². The average molecular weight is 449 g/mol. The SMILES string of the molecule is Cc1ccc(C2=C(Nc3ccc(C)c(Cl)c3)C(=O)N(CCc3ccc(F)cc3)C2=O)cc1. The first kappa shape index (κ1) is 21.8. The van der Waals surface area contributed by atoms with Gasteiger partial charge >= 0.3 is 0 Å². The van der Waals surface area contributed by atoms with Gasteiger partial charge in [-0.2, -0.15) is 0 Å². The summed E-state index contributed by atoms with van der Waals surface area (Å²) in [5.74, 6) is -1.08. The second-order valence-electron chi connectivity index (χ2n) is 7.84. The molecule has 32 heavy (non-hydrogen) atoms. The highest BCUT2D eigenvalue weighted by molar-refractivity contribution is 6.36. The Kier molecular flexibility index (Phi) is 6.10. The molecule has 0 unspecified atom stereocenters. The van der Waals surface area contributed by atoms with E-state index in [4.69, 9.17) is 11.6 Å². The molecule has 0 fully saturated rings. The van der Waals surface area contributed by atoms with Gasteiger partial charge in [0.15, 0.2) is 0 Å². The predicted molar refractivity (Wildman–Crippen MR) is 125 cm³/mol. The minimum absolute atomic E-state index is 0.193. The molecule has 0 spiro atoms. The smallest absolute Gasteiger partial charge is 0.278 e. The maximum Gasteiger partial charge on any atom is 0.278 e. The van der Waals surface area contributed by atoms with Gasteiger partial charge in [-0.1, -0.05) is 59.6 Å². The number of imide groups is 1. The molecular formula is C26H22ClFN2O2. The van der Waals surface area contributed by atoms with Crippen LogP contribution < -0.4 is 5.32 Å². The molecule has 162 valence electrons. The van der Waals surface area contributed by atoms with Crippen molar-refractivity contribution in [2.75, 3.05) is 11.9 Å². The van der Waals surface area contributed by atoms with E-state index in [2.05, 4.69) is 5.32 Å². The normalized spacial score (nSPS) is 13.8. The lowest BCUT2D eigenvalue weighted by atomic mass is 10.0. The van der Waals surface area contributed by atoms with Crippen LogP contribution in [0.1, 0.15) is 22.3 Å². The molecular weight excluding hydrogens is 427 g/mol. The third-order valence-corrected chi connectivity index (χ3v) is 5.89. The van der Waals surface area contributed by atoms with E-state index in [1.807, 2.05) is 50.2 Å². The lowest BCUT2D eigenvalue weighted by molar-refractivity contribution is -0.136. The molecule has 6 heteroatoms. The van der Waals surface area contributed by atoms with Gasteiger partial charge in [-0.25, -0.2) is 4.39 Å². The standard InChI is InChI=1S/C26H22ClFN2O2/c1-16-3-8-19(9-4-16)23-24(29-21-12-5-17(2)22(27)15-21)26(32)30(25(23)31)14-13-18-6-10-20(28)11-7-18/h3-12,15,29H,13-14H2,1-2H3. The zero-order valence-electron chi connectivity index (χ0n) is 17.8. The highest BCUT2D eigenvalue weighted by Crippen LogP contribution is 2.32. The summed E-state index contributed by atoms with van der Waals surface area (Å²) in [5.41, 5.74) is 4.65. The van der Waals surface area contributed by atoms with Gasteiger partial charge in [0.2, 0.25) is 0 Å². The Hall–Kier alpha value is -3.44. The van der Waals surface area contributed by atoms with Crippen molar-refractivity contribution in [3.63, 3.8) is 0 Å². The van der Waals surface area contributed by atoms with E-state index < -0.39 is 5.91 Å². The number of aryl methyl sites for hydroxylation is 2. The molecule has 0 saturated heterocycles. The lowest BCUT2D eigenvalue weighted by Gasteiger charge is -2.15.